The van der Waals surface area contributed by atoms with Gasteiger partial charge in [-0.1, -0.05) is 36.4 Å². The molecule has 0 aliphatic carbocycles. The lowest BCUT2D eigenvalue weighted by Gasteiger charge is -2.18. The second-order valence-corrected chi connectivity index (χ2v) is 6.44. The lowest BCUT2D eigenvalue weighted by atomic mass is 10.2. The van der Waals surface area contributed by atoms with Gasteiger partial charge in [-0.15, -0.1) is 24.0 Å². The minimum atomic E-state index is 0. The van der Waals surface area contributed by atoms with E-state index in [9.17, 15) is 0 Å². The number of methoxy groups -OCH3 is 1. The molecule has 1 heterocycles. The number of hydrogen-bond donors (Lipinski definition) is 2. The summed E-state index contributed by atoms with van der Waals surface area (Å²) in [5.41, 5.74) is 3.65. The largest absolute Gasteiger partial charge is 0.497 e. The summed E-state index contributed by atoms with van der Waals surface area (Å²) in [6, 6.07) is 16.7. The topological polar surface area (TPSA) is 48.9 Å². The van der Waals surface area contributed by atoms with E-state index in [0.29, 0.717) is 6.54 Å². The normalized spacial score (nSPS) is 13.2. The Morgan fingerprint density at radius 1 is 0.964 bits per heavy atom. The molecule has 0 saturated heterocycles. The summed E-state index contributed by atoms with van der Waals surface area (Å²) >= 11 is 0. The average molecular weight is 492 g/mol. The second kappa shape index (κ2) is 11.6. The fourth-order valence-electron chi connectivity index (χ4n) is 2.94. The summed E-state index contributed by atoms with van der Waals surface area (Å²) < 4.78 is 5.19. The molecule has 0 bridgehead atoms. The van der Waals surface area contributed by atoms with Gasteiger partial charge in [0.1, 0.15) is 5.75 Å². The SMILES string of the molecule is CCNC(=NCc1ccc(OC)cc1)NCc1ccc(N2CC=CC2)cc1.I. The zero-order valence-corrected chi connectivity index (χ0v) is 18.9. The second-order valence-electron chi connectivity index (χ2n) is 6.44. The van der Waals surface area contributed by atoms with Gasteiger partial charge in [0, 0.05) is 31.9 Å². The van der Waals surface area contributed by atoms with E-state index >= 15 is 0 Å². The van der Waals surface area contributed by atoms with Crippen LogP contribution in [0, 0.1) is 0 Å². The molecular weight excluding hydrogens is 463 g/mol. The lowest BCUT2D eigenvalue weighted by Crippen LogP contribution is -2.36. The van der Waals surface area contributed by atoms with Gasteiger partial charge >= 0.3 is 0 Å². The van der Waals surface area contributed by atoms with E-state index in [1.54, 1.807) is 7.11 Å². The molecule has 1 aliphatic heterocycles. The maximum Gasteiger partial charge on any atom is 0.191 e. The highest BCUT2D eigenvalue weighted by molar-refractivity contribution is 14.0. The van der Waals surface area contributed by atoms with E-state index in [1.807, 2.05) is 24.3 Å². The molecular formula is C22H29IN4O. The number of aliphatic imine (C=N–C) groups is 1. The number of hydrogen-bond acceptors (Lipinski definition) is 3. The molecule has 3 rings (SSSR count). The number of halogens is 1. The smallest absolute Gasteiger partial charge is 0.191 e. The molecule has 0 spiro atoms. The Hall–Kier alpha value is -2.22. The first-order chi connectivity index (χ1) is 13.3. The fourth-order valence-corrected chi connectivity index (χ4v) is 2.94. The van der Waals surface area contributed by atoms with Crippen molar-refractivity contribution in [1.29, 1.82) is 0 Å². The van der Waals surface area contributed by atoms with Gasteiger partial charge < -0.3 is 20.3 Å². The number of nitrogens with zero attached hydrogens (tertiary/aromatic N) is 2. The molecule has 0 radical (unpaired) electrons. The molecule has 150 valence electrons. The van der Waals surface area contributed by atoms with Crippen LogP contribution in [-0.2, 0) is 13.1 Å². The average Bonchev–Trinajstić information content (AvgIpc) is 3.26. The first-order valence-electron chi connectivity index (χ1n) is 9.42. The van der Waals surface area contributed by atoms with Crippen molar-refractivity contribution < 1.29 is 4.74 Å². The molecule has 2 aromatic carbocycles. The van der Waals surface area contributed by atoms with Crippen LogP contribution in [0.5, 0.6) is 5.75 Å². The van der Waals surface area contributed by atoms with Crippen LogP contribution in [0.1, 0.15) is 18.1 Å². The predicted octanol–water partition coefficient (Wildman–Crippen LogP) is 3.94. The monoisotopic (exact) mass is 492 g/mol. The van der Waals surface area contributed by atoms with E-state index in [4.69, 9.17) is 4.74 Å². The van der Waals surface area contributed by atoms with Crippen LogP contribution in [0.3, 0.4) is 0 Å². The third kappa shape index (κ3) is 6.44. The number of guanidine groups is 1. The highest BCUT2D eigenvalue weighted by atomic mass is 127. The van der Waals surface area contributed by atoms with Gasteiger partial charge in [-0.3, -0.25) is 0 Å². The Bertz CT molecular complexity index is 764. The quantitative estimate of drug-likeness (QED) is 0.266. The van der Waals surface area contributed by atoms with E-state index in [1.165, 1.54) is 11.3 Å². The first kappa shape index (κ1) is 22.1. The van der Waals surface area contributed by atoms with Crippen LogP contribution in [0.2, 0.25) is 0 Å². The van der Waals surface area contributed by atoms with Gasteiger partial charge in [0.05, 0.1) is 13.7 Å². The van der Waals surface area contributed by atoms with Crippen LogP contribution in [-0.4, -0.2) is 32.7 Å². The van der Waals surface area contributed by atoms with Gasteiger partial charge in [-0.25, -0.2) is 4.99 Å². The summed E-state index contributed by atoms with van der Waals surface area (Å²) in [6.07, 6.45) is 4.41. The predicted molar refractivity (Wildman–Crippen MR) is 128 cm³/mol. The van der Waals surface area contributed by atoms with Crippen molar-refractivity contribution in [2.75, 3.05) is 31.6 Å². The number of benzene rings is 2. The van der Waals surface area contributed by atoms with Crippen LogP contribution in [0.15, 0.2) is 65.7 Å². The molecule has 0 fully saturated rings. The standard InChI is InChI=1S/C22H28N4O.HI/c1-3-23-22(25-17-19-8-12-21(27-2)13-9-19)24-16-18-6-10-20(11-7-18)26-14-4-5-15-26;/h4-13H,3,14-17H2,1-2H3,(H2,23,24,25);1H. The van der Waals surface area contributed by atoms with Gasteiger partial charge in [-0.2, -0.15) is 0 Å². The van der Waals surface area contributed by atoms with Crippen LogP contribution < -0.4 is 20.3 Å². The van der Waals surface area contributed by atoms with E-state index in [0.717, 1.165) is 43.5 Å². The third-order valence-electron chi connectivity index (χ3n) is 4.50. The van der Waals surface area contributed by atoms with Crippen molar-refractivity contribution in [3.05, 3.63) is 71.8 Å². The van der Waals surface area contributed by atoms with E-state index < -0.39 is 0 Å². The number of rotatable bonds is 7. The molecule has 2 aromatic rings. The molecule has 5 nitrogen and oxygen atoms in total. The minimum Gasteiger partial charge on any atom is -0.497 e. The maximum absolute atomic E-state index is 5.19. The minimum absolute atomic E-state index is 0. The maximum atomic E-state index is 5.19. The van der Waals surface area contributed by atoms with Crippen molar-refractivity contribution in [3.8, 4) is 5.75 Å². The van der Waals surface area contributed by atoms with Crippen LogP contribution in [0.4, 0.5) is 5.69 Å². The molecule has 1 aliphatic rings. The summed E-state index contributed by atoms with van der Waals surface area (Å²) in [4.78, 5) is 7.02. The zero-order valence-electron chi connectivity index (χ0n) is 16.5. The van der Waals surface area contributed by atoms with E-state index in [-0.39, 0.29) is 24.0 Å². The van der Waals surface area contributed by atoms with Crippen LogP contribution >= 0.6 is 24.0 Å². The molecule has 6 heteroatoms. The Balaban J connectivity index is 0.00000280. The highest BCUT2D eigenvalue weighted by Gasteiger charge is 2.07. The van der Waals surface area contributed by atoms with Gasteiger partial charge in [0.2, 0.25) is 0 Å². The lowest BCUT2D eigenvalue weighted by molar-refractivity contribution is 0.414. The van der Waals surface area contributed by atoms with Crippen molar-refractivity contribution in [2.24, 2.45) is 4.99 Å². The summed E-state index contributed by atoms with van der Waals surface area (Å²) in [6.45, 7) is 6.27. The molecule has 2 N–H and O–H groups in total. The Morgan fingerprint density at radius 2 is 1.61 bits per heavy atom. The van der Waals surface area contributed by atoms with Gasteiger partial charge in [0.25, 0.3) is 0 Å². The van der Waals surface area contributed by atoms with Crippen molar-refractivity contribution >= 4 is 35.6 Å². The number of anilines is 1. The van der Waals surface area contributed by atoms with Gasteiger partial charge in [-0.05, 0) is 42.3 Å². The molecule has 0 aromatic heterocycles. The van der Waals surface area contributed by atoms with Gasteiger partial charge in [0.15, 0.2) is 5.96 Å². The molecule has 28 heavy (non-hydrogen) atoms. The Morgan fingerprint density at radius 3 is 2.21 bits per heavy atom. The van der Waals surface area contributed by atoms with Crippen molar-refractivity contribution in [1.82, 2.24) is 10.6 Å². The molecule has 0 unspecified atom stereocenters. The van der Waals surface area contributed by atoms with Crippen molar-refractivity contribution in [3.63, 3.8) is 0 Å². The first-order valence-corrected chi connectivity index (χ1v) is 9.42. The van der Waals surface area contributed by atoms with Crippen molar-refractivity contribution in [2.45, 2.75) is 20.0 Å². The van der Waals surface area contributed by atoms with E-state index in [2.05, 4.69) is 63.9 Å². The van der Waals surface area contributed by atoms with Crippen LogP contribution in [0.25, 0.3) is 0 Å². The highest BCUT2D eigenvalue weighted by Crippen LogP contribution is 2.17. The Kier molecular flexibility index (Phi) is 9.13. The molecule has 0 atom stereocenters. The number of nitrogens with one attached hydrogen (secondary N) is 2. The fraction of sp³-hybridized carbons (Fsp3) is 0.318. The molecule has 0 saturated carbocycles. The summed E-state index contributed by atoms with van der Waals surface area (Å²) in [7, 11) is 1.68. The zero-order chi connectivity index (χ0) is 18.9. The summed E-state index contributed by atoms with van der Waals surface area (Å²) in [5.74, 6) is 1.68. The molecule has 0 amide bonds. The summed E-state index contributed by atoms with van der Waals surface area (Å²) in [5, 5.41) is 6.71. The third-order valence-corrected chi connectivity index (χ3v) is 4.50. The number of ether oxygens (including phenoxy) is 1. The Labute approximate surface area is 184 Å².